The molecule has 0 aliphatic carbocycles. The quantitative estimate of drug-likeness (QED) is 0.114. The first kappa shape index (κ1) is 32.6. The highest BCUT2D eigenvalue weighted by Crippen LogP contribution is 1.89. The van der Waals surface area contributed by atoms with Gasteiger partial charge in [0.05, 0.1) is 133 Å². The SMILES string of the molecule is COC(=O)CCOCCOCCOCCOCCOCCOCCOCCOCCC(=O)OC. The van der Waals surface area contributed by atoms with Crippen molar-refractivity contribution in [2.75, 3.05) is 120 Å². The van der Waals surface area contributed by atoms with Crippen molar-refractivity contribution in [2.45, 2.75) is 12.8 Å². The van der Waals surface area contributed by atoms with Crippen molar-refractivity contribution in [3.63, 3.8) is 0 Å². The Kier molecular flexibility index (Phi) is 26.7. The van der Waals surface area contributed by atoms with E-state index in [1.54, 1.807) is 0 Å². The normalized spacial score (nSPS) is 11.0. The summed E-state index contributed by atoms with van der Waals surface area (Å²) in [6.45, 7) is 7.22. The minimum atomic E-state index is -0.288. The van der Waals surface area contributed by atoms with E-state index in [0.29, 0.717) is 106 Å². The van der Waals surface area contributed by atoms with Gasteiger partial charge in [-0.05, 0) is 0 Å². The molecule has 0 aliphatic heterocycles. The molecule has 202 valence electrons. The smallest absolute Gasteiger partial charge is 0.307 e. The van der Waals surface area contributed by atoms with Crippen LogP contribution in [0.2, 0.25) is 0 Å². The molecular formula is C22H42O12. The number of esters is 2. The van der Waals surface area contributed by atoms with E-state index in [2.05, 4.69) is 9.47 Å². The van der Waals surface area contributed by atoms with Crippen molar-refractivity contribution in [3.8, 4) is 0 Å². The fourth-order valence-electron chi connectivity index (χ4n) is 2.16. The molecule has 0 aromatic heterocycles. The predicted molar refractivity (Wildman–Crippen MR) is 120 cm³/mol. The summed E-state index contributed by atoms with van der Waals surface area (Å²) in [6.07, 6.45) is 0.488. The van der Waals surface area contributed by atoms with Gasteiger partial charge in [-0.15, -0.1) is 0 Å². The van der Waals surface area contributed by atoms with E-state index < -0.39 is 0 Å². The maximum atomic E-state index is 10.9. The lowest BCUT2D eigenvalue weighted by Gasteiger charge is -2.08. The molecule has 0 unspecified atom stereocenters. The van der Waals surface area contributed by atoms with Crippen molar-refractivity contribution in [2.24, 2.45) is 0 Å². The molecule has 0 aromatic carbocycles. The molecule has 0 amide bonds. The van der Waals surface area contributed by atoms with Gasteiger partial charge in [0, 0.05) is 0 Å². The van der Waals surface area contributed by atoms with Crippen LogP contribution in [0.1, 0.15) is 12.8 Å². The standard InChI is InChI=1S/C22H42O12/c1-25-21(23)3-5-27-7-9-29-11-13-31-15-17-33-19-20-34-18-16-32-14-12-30-10-8-28-6-4-22(24)26-2/h3-20H2,1-2H3. The van der Waals surface area contributed by atoms with Gasteiger partial charge in [0.1, 0.15) is 0 Å². The molecule has 12 nitrogen and oxygen atoms in total. The molecule has 0 spiro atoms. The third-order valence-corrected chi connectivity index (χ3v) is 3.96. The average molecular weight is 499 g/mol. The molecule has 0 fully saturated rings. The van der Waals surface area contributed by atoms with Gasteiger partial charge in [-0.3, -0.25) is 9.59 Å². The molecule has 0 heterocycles. The van der Waals surface area contributed by atoms with Crippen molar-refractivity contribution in [1.82, 2.24) is 0 Å². The van der Waals surface area contributed by atoms with Crippen LogP contribution in [0.5, 0.6) is 0 Å². The Morgan fingerprint density at radius 2 is 0.529 bits per heavy atom. The predicted octanol–water partition coefficient (Wildman–Crippen LogP) is 0.245. The first-order valence-corrected chi connectivity index (χ1v) is 11.5. The third kappa shape index (κ3) is 26.9. The van der Waals surface area contributed by atoms with Crippen molar-refractivity contribution < 1.29 is 57.0 Å². The topological polar surface area (TPSA) is 126 Å². The second kappa shape index (κ2) is 27.9. The van der Waals surface area contributed by atoms with Crippen LogP contribution in [-0.4, -0.2) is 132 Å². The van der Waals surface area contributed by atoms with Gasteiger partial charge in [0.25, 0.3) is 0 Å². The van der Waals surface area contributed by atoms with Crippen LogP contribution >= 0.6 is 0 Å². The zero-order valence-corrected chi connectivity index (χ0v) is 20.6. The van der Waals surface area contributed by atoms with E-state index in [0.717, 1.165) is 0 Å². The van der Waals surface area contributed by atoms with Crippen LogP contribution in [0.4, 0.5) is 0 Å². The number of rotatable bonds is 27. The second-order valence-corrected chi connectivity index (χ2v) is 6.55. The van der Waals surface area contributed by atoms with Crippen molar-refractivity contribution in [3.05, 3.63) is 0 Å². The lowest BCUT2D eigenvalue weighted by molar-refractivity contribution is -0.142. The first-order valence-electron chi connectivity index (χ1n) is 11.5. The minimum absolute atomic E-state index is 0.244. The van der Waals surface area contributed by atoms with E-state index in [1.807, 2.05) is 0 Å². The van der Waals surface area contributed by atoms with E-state index in [4.69, 9.17) is 37.9 Å². The summed E-state index contributed by atoms with van der Waals surface area (Å²) in [6, 6.07) is 0. The fraction of sp³-hybridized carbons (Fsp3) is 0.909. The van der Waals surface area contributed by atoms with Gasteiger partial charge in [-0.2, -0.15) is 0 Å². The second-order valence-electron chi connectivity index (χ2n) is 6.55. The fourth-order valence-corrected chi connectivity index (χ4v) is 2.16. The summed E-state index contributed by atoms with van der Waals surface area (Å²) in [7, 11) is 2.70. The van der Waals surface area contributed by atoms with Crippen molar-refractivity contribution >= 4 is 11.9 Å². The van der Waals surface area contributed by atoms with Crippen molar-refractivity contribution in [1.29, 1.82) is 0 Å². The van der Waals surface area contributed by atoms with Crippen LogP contribution in [0, 0.1) is 0 Å². The van der Waals surface area contributed by atoms with Crippen LogP contribution in [0.15, 0.2) is 0 Å². The van der Waals surface area contributed by atoms with Crippen LogP contribution in [-0.2, 0) is 57.0 Å². The molecule has 34 heavy (non-hydrogen) atoms. The first-order chi connectivity index (χ1) is 16.7. The van der Waals surface area contributed by atoms with Crippen LogP contribution < -0.4 is 0 Å². The Morgan fingerprint density at radius 3 is 0.706 bits per heavy atom. The summed E-state index contributed by atoms with van der Waals surface area (Å²) >= 11 is 0. The van der Waals surface area contributed by atoms with Gasteiger partial charge >= 0.3 is 11.9 Å². The zero-order chi connectivity index (χ0) is 25.0. The molecular weight excluding hydrogens is 456 g/mol. The Morgan fingerprint density at radius 1 is 0.353 bits per heavy atom. The summed E-state index contributed by atoms with van der Waals surface area (Å²) in [5.41, 5.74) is 0. The highest BCUT2D eigenvalue weighted by atomic mass is 16.6. The Balaban J connectivity index is 3.05. The summed E-state index contributed by atoms with van der Waals surface area (Å²) in [5.74, 6) is -0.576. The summed E-state index contributed by atoms with van der Waals surface area (Å²) in [5, 5.41) is 0. The maximum absolute atomic E-state index is 10.9. The summed E-state index contributed by atoms with van der Waals surface area (Å²) in [4.78, 5) is 21.7. The maximum Gasteiger partial charge on any atom is 0.307 e. The molecule has 0 bridgehead atoms. The van der Waals surface area contributed by atoms with E-state index >= 15 is 0 Å². The molecule has 12 heteroatoms. The largest absolute Gasteiger partial charge is 0.469 e. The summed E-state index contributed by atoms with van der Waals surface area (Å²) < 4.78 is 51.8. The van der Waals surface area contributed by atoms with Gasteiger partial charge in [-0.25, -0.2) is 0 Å². The minimum Gasteiger partial charge on any atom is -0.469 e. The van der Waals surface area contributed by atoms with E-state index in [1.165, 1.54) is 14.2 Å². The number of methoxy groups -OCH3 is 2. The molecule has 0 aromatic rings. The molecule has 0 rings (SSSR count). The highest BCUT2D eigenvalue weighted by Gasteiger charge is 2.00. The molecule has 0 radical (unpaired) electrons. The molecule has 0 atom stereocenters. The molecule has 0 saturated carbocycles. The lowest BCUT2D eigenvalue weighted by Crippen LogP contribution is -2.15. The van der Waals surface area contributed by atoms with E-state index in [-0.39, 0.29) is 24.8 Å². The Labute approximate surface area is 202 Å². The number of hydrogen-bond donors (Lipinski definition) is 0. The number of ether oxygens (including phenoxy) is 10. The van der Waals surface area contributed by atoms with Gasteiger partial charge in [0.2, 0.25) is 0 Å². The number of hydrogen-bond acceptors (Lipinski definition) is 12. The zero-order valence-electron chi connectivity index (χ0n) is 20.6. The monoisotopic (exact) mass is 498 g/mol. The molecule has 0 saturated heterocycles. The molecule has 0 N–H and O–H groups in total. The van der Waals surface area contributed by atoms with Crippen LogP contribution in [0.3, 0.4) is 0 Å². The van der Waals surface area contributed by atoms with Gasteiger partial charge < -0.3 is 47.4 Å². The lowest BCUT2D eigenvalue weighted by atomic mass is 10.5. The van der Waals surface area contributed by atoms with Gasteiger partial charge in [0.15, 0.2) is 0 Å². The van der Waals surface area contributed by atoms with Crippen LogP contribution in [0.25, 0.3) is 0 Å². The number of carbonyl (C=O) groups excluding carboxylic acids is 2. The Hall–Kier alpha value is -1.38. The average Bonchev–Trinajstić information content (AvgIpc) is 2.85. The third-order valence-electron chi connectivity index (χ3n) is 3.96. The highest BCUT2D eigenvalue weighted by molar-refractivity contribution is 5.69. The van der Waals surface area contributed by atoms with E-state index in [9.17, 15) is 9.59 Å². The molecule has 0 aliphatic rings. The van der Waals surface area contributed by atoms with Gasteiger partial charge in [-0.1, -0.05) is 0 Å². The number of carbonyl (C=O) groups is 2. The Bertz CT molecular complexity index is 410.